The monoisotopic (exact) mass is 399 g/mol. The predicted molar refractivity (Wildman–Crippen MR) is 105 cm³/mol. The number of nitrogens with one attached hydrogen (secondary N) is 1. The van der Waals surface area contributed by atoms with E-state index in [0.717, 1.165) is 10.4 Å². The van der Waals surface area contributed by atoms with Gasteiger partial charge in [-0.3, -0.25) is 4.79 Å². The van der Waals surface area contributed by atoms with Crippen molar-refractivity contribution in [2.45, 2.75) is 18.9 Å². The number of carbonyl (C=O) groups excluding carboxylic acids is 1. The van der Waals surface area contributed by atoms with Crippen molar-refractivity contribution in [3.8, 4) is 11.5 Å². The van der Waals surface area contributed by atoms with Crippen molar-refractivity contribution in [3.63, 3.8) is 0 Å². The van der Waals surface area contributed by atoms with Crippen LogP contribution in [0, 0.1) is 5.82 Å². The Bertz CT molecular complexity index is 1040. The molecule has 0 aliphatic carbocycles. The van der Waals surface area contributed by atoms with E-state index in [4.69, 9.17) is 15.2 Å². The number of thiazole rings is 1. The molecule has 2 heterocycles. The second kappa shape index (κ2) is 7.47. The third kappa shape index (κ3) is 3.50. The van der Waals surface area contributed by atoms with Gasteiger partial charge in [-0.05, 0) is 23.8 Å². The number of nitrogen functional groups attached to an aromatic ring is 1. The molecule has 2 aromatic carbocycles. The fraction of sp³-hybridized carbons (Fsp3) is 0.200. The Morgan fingerprint density at radius 2 is 2.14 bits per heavy atom. The summed E-state index contributed by atoms with van der Waals surface area (Å²) in [4.78, 5) is 17.3. The van der Waals surface area contributed by atoms with Crippen LogP contribution in [0.1, 0.15) is 28.3 Å². The Labute approximate surface area is 165 Å². The number of para-hydroxylation sites is 1. The number of hydrogen-bond acceptors (Lipinski definition) is 6. The Hall–Kier alpha value is -3.13. The van der Waals surface area contributed by atoms with Crippen LogP contribution in [-0.2, 0) is 11.4 Å². The number of halogens is 1. The summed E-state index contributed by atoms with van der Waals surface area (Å²) in [6, 6.07) is 11.8. The van der Waals surface area contributed by atoms with E-state index in [9.17, 15) is 9.18 Å². The molecule has 0 radical (unpaired) electrons. The maximum Gasteiger partial charge on any atom is 0.226 e. The van der Waals surface area contributed by atoms with Gasteiger partial charge in [0.2, 0.25) is 5.91 Å². The molecule has 144 valence electrons. The first kappa shape index (κ1) is 18.2. The second-order valence-electron chi connectivity index (χ2n) is 6.37. The minimum Gasteiger partial charge on any atom is -0.493 e. The first-order chi connectivity index (χ1) is 13.5. The van der Waals surface area contributed by atoms with Crippen LogP contribution >= 0.6 is 11.3 Å². The van der Waals surface area contributed by atoms with Gasteiger partial charge in [0, 0.05) is 17.9 Å². The largest absolute Gasteiger partial charge is 0.493 e. The third-order valence-electron chi connectivity index (χ3n) is 4.51. The van der Waals surface area contributed by atoms with Crippen molar-refractivity contribution in [2.24, 2.45) is 0 Å². The summed E-state index contributed by atoms with van der Waals surface area (Å²) in [6.07, 6.45) is 0.248. The number of fused-ring (bicyclic) bond motifs is 1. The molecule has 8 heteroatoms. The van der Waals surface area contributed by atoms with E-state index in [1.165, 1.54) is 23.5 Å². The van der Waals surface area contributed by atoms with Crippen LogP contribution in [0.15, 0.2) is 42.5 Å². The highest BCUT2D eigenvalue weighted by molar-refractivity contribution is 7.16. The fourth-order valence-corrected chi connectivity index (χ4v) is 4.20. The average molecular weight is 399 g/mol. The third-order valence-corrected chi connectivity index (χ3v) is 5.51. The van der Waals surface area contributed by atoms with E-state index in [1.54, 1.807) is 25.3 Å². The average Bonchev–Trinajstić information content (AvgIpc) is 3.05. The van der Waals surface area contributed by atoms with Crippen LogP contribution in [-0.4, -0.2) is 18.0 Å². The van der Waals surface area contributed by atoms with E-state index in [-0.39, 0.29) is 30.7 Å². The first-order valence-corrected chi connectivity index (χ1v) is 9.47. The second-order valence-corrected chi connectivity index (χ2v) is 7.43. The van der Waals surface area contributed by atoms with Gasteiger partial charge in [0.25, 0.3) is 0 Å². The van der Waals surface area contributed by atoms with E-state index >= 15 is 0 Å². The minimum absolute atomic E-state index is 0.137. The molecule has 1 aliphatic rings. The molecule has 0 saturated carbocycles. The van der Waals surface area contributed by atoms with Gasteiger partial charge < -0.3 is 20.5 Å². The molecule has 1 atom stereocenters. The minimum atomic E-state index is -0.324. The number of nitrogens with two attached hydrogens (primary N) is 1. The number of nitrogens with zero attached hydrogens (tertiary/aromatic N) is 1. The van der Waals surface area contributed by atoms with Gasteiger partial charge in [0.05, 0.1) is 12.0 Å². The number of carbonyl (C=O) groups is 1. The van der Waals surface area contributed by atoms with Gasteiger partial charge in [-0.25, -0.2) is 9.37 Å². The van der Waals surface area contributed by atoms with Crippen molar-refractivity contribution in [2.75, 3.05) is 18.2 Å². The normalized spacial score (nSPS) is 15.6. The van der Waals surface area contributed by atoms with Gasteiger partial charge in [0.1, 0.15) is 18.2 Å². The highest BCUT2D eigenvalue weighted by atomic mass is 32.1. The summed E-state index contributed by atoms with van der Waals surface area (Å²) >= 11 is 1.34. The molecule has 0 bridgehead atoms. The Morgan fingerprint density at radius 3 is 2.93 bits per heavy atom. The maximum atomic E-state index is 13.5. The molecule has 1 aliphatic heterocycles. The number of anilines is 2. The van der Waals surface area contributed by atoms with Crippen molar-refractivity contribution in [3.05, 3.63) is 64.3 Å². The van der Waals surface area contributed by atoms with Crippen molar-refractivity contribution in [1.29, 1.82) is 0 Å². The van der Waals surface area contributed by atoms with Crippen LogP contribution in [0.25, 0.3) is 0 Å². The van der Waals surface area contributed by atoms with E-state index in [1.807, 2.05) is 12.1 Å². The predicted octanol–water partition coefficient (Wildman–Crippen LogP) is 3.93. The standard InChI is InChI=1S/C20H18FN3O3S/c1-26-15-7-3-6-13(17(15)27-10-11-4-2-5-12(21)8-11)14-9-16(25)23-19-18(14)28-20(22)24-19/h2-8,14H,9-10H2,1H3,(H2,22,24)(H,23,25)/t14-/m1/s1. The molecule has 6 nitrogen and oxygen atoms in total. The van der Waals surface area contributed by atoms with Crippen molar-refractivity contribution >= 4 is 28.2 Å². The summed E-state index contributed by atoms with van der Waals surface area (Å²) in [5.74, 6) is 0.835. The highest BCUT2D eigenvalue weighted by Crippen LogP contribution is 2.46. The number of benzene rings is 2. The van der Waals surface area contributed by atoms with Gasteiger partial charge in [-0.2, -0.15) is 0 Å². The number of rotatable bonds is 5. The van der Waals surface area contributed by atoms with E-state index in [0.29, 0.717) is 28.0 Å². The molecule has 4 rings (SSSR count). The van der Waals surface area contributed by atoms with Crippen LogP contribution in [0.3, 0.4) is 0 Å². The SMILES string of the molecule is COc1cccc([C@H]2CC(=O)Nc3nc(N)sc32)c1OCc1cccc(F)c1. The topological polar surface area (TPSA) is 86.5 Å². The lowest BCUT2D eigenvalue weighted by atomic mass is 9.90. The lowest BCUT2D eigenvalue weighted by Crippen LogP contribution is -2.23. The molecule has 3 N–H and O–H groups in total. The number of methoxy groups -OCH3 is 1. The smallest absolute Gasteiger partial charge is 0.226 e. The van der Waals surface area contributed by atoms with Gasteiger partial charge in [-0.1, -0.05) is 35.6 Å². The Kier molecular flexibility index (Phi) is 4.87. The van der Waals surface area contributed by atoms with E-state index in [2.05, 4.69) is 10.3 Å². The van der Waals surface area contributed by atoms with Gasteiger partial charge in [-0.15, -0.1) is 0 Å². The van der Waals surface area contributed by atoms with Crippen molar-refractivity contribution < 1.29 is 18.7 Å². The maximum absolute atomic E-state index is 13.5. The highest BCUT2D eigenvalue weighted by Gasteiger charge is 2.32. The molecule has 0 unspecified atom stereocenters. The summed E-state index contributed by atoms with van der Waals surface area (Å²) < 4.78 is 25.0. The zero-order chi connectivity index (χ0) is 19.7. The number of ether oxygens (including phenoxy) is 2. The zero-order valence-corrected chi connectivity index (χ0v) is 15.9. The van der Waals surface area contributed by atoms with Crippen LogP contribution in [0.2, 0.25) is 0 Å². The number of hydrogen-bond donors (Lipinski definition) is 2. The lowest BCUT2D eigenvalue weighted by molar-refractivity contribution is -0.116. The summed E-state index contributed by atoms with van der Waals surface area (Å²) in [5, 5.41) is 3.15. The van der Waals surface area contributed by atoms with E-state index < -0.39 is 0 Å². The van der Waals surface area contributed by atoms with Crippen LogP contribution in [0.4, 0.5) is 15.3 Å². The van der Waals surface area contributed by atoms with Crippen LogP contribution < -0.4 is 20.5 Å². The lowest BCUT2D eigenvalue weighted by Gasteiger charge is -2.24. The van der Waals surface area contributed by atoms with Crippen LogP contribution in [0.5, 0.6) is 11.5 Å². The van der Waals surface area contributed by atoms with Gasteiger partial charge in [0.15, 0.2) is 16.6 Å². The quantitative estimate of drug-likeness (QED) is 0.679. The van der Waals surface area contributed by atoms with Crippen molar-refractivity contribution in [1.82, 2.24) is 4.98 Å². The summed E-state index contributed by atoms with van der Waals surface area (Å²) in [5.41, 5.74) is 7.35. The summed E-state index contributed by atoms with van der Waals surface area (Å²) in [6.45, 7) is 0.168. The molecule has 1 aromatic heterocycles. The molecule has 28 heavy (non-hydrogen) atoms. The molecular weight excluding hydrogens is 381 g/mol. The number of aromatic nitrogens is 1. The molecular formula is C20H18FN3O3S. The first-order valence-electron chi connectivity index (χ1n) is 8.65. The fourth-order valence-electron chi connectivity index (χ4n) is 3.29. The van der Waals surface area contributed by atoms with Gasteiger partial charge >= 0.3 is 0 Å². The molecule has 0 saturated heterocycles. The Morgan fingerprint density at radius 1 is 1.32 bits per heavy atom. The zero-order valence-electron chi connectivity index (χ0n) is 15.1. The molecule has 0 spiro atoms. The Balaban J connectivity index is 1.72. The number of amides is 1. The summed E-state index contributed by atoms with van der Waals surface area (Å²) in [7, 11) is 1.55. The molecule has 3 aromatic rings. The molecule has 0 fully saturated rings. The molecule has 1 amide bonds.